The van der Waals surface area contributed by atoms with Crippen molar-refractivity contribution in [1.29, 1.82) is 0 Å². The molecule has 6 heteroatoms. The third kappa shape index (κ3) is 6.33. The normalized spacial score (nSPS) is 10.1. The SMILES string of the molecule is Cc1ccc(NC(=S)NC(=O)c2ccccc2OCCOc2ccccc2)cc1. The van der Waals surface area contributed by atoms with E-state index < -0.39 is 0 Å². The molecule has 0 aliphatic heterocycles. The summed E-state index contributed by atoms with van der Waals surface area (Å²) in [7, 11) is 0. The smallest absolute Gasteiger partial charge is 0.261 e. The van der Waals surface area contributed by atoms with Crippen molar-refractivity contribution < 1.29 is 14.3 Å². The molecule has 1 amide bonds. The number of benzene rings is 3. The Morgan fingerprint density at radius 1 is 0.862 bits per heavy atom. The van der Waals surface area contributed by atoms with Crippen molar-refractivity contribution in [3.63, 3.8) is 0 Å². The minimum absolute atomic E-state index is 0.223. The molecular formula is C23H22N2O3S. The number of carbonyl (C=O) groups is 1. The number of anilines is 1. The third-order valence-corrected chi connectivity index (χ3v) is 4.23. The minimum atomic E-state index is -0.339. The number of carbonyl (C=O) groups excluding carboxylic acids is 1. The van der Waals surface area contributed by atoms with E-state index in [0.717, 1.165) is 17.0 Å². The van der Waals surface area contributed by atoms with Crippen molar-refractivity contribution in [3.05, 3.63) is 90.0 Å². The number of thiocarbonyl (C=S) groups is 1. The molecule has 29 heavy (non-hydrogen) atoms. The molecule has 3 rings (SSSR count). The quantitative estimate of drug-likeness (QED) is 0.444. The molecule has 2 N–H and O–H groups in total. The highest BCUT2D eigenvalue weighted by atomic mass is 32.1. The standard InChI is InChI=1S/C23H22N2O3S/c1-17-11-13-18(14-12-17)24-23(29)25-22(26)20-9-5-6-10-21(20)28-16-15-27-19-7-3-2-4-8-19/h2-14H,15-16H2,1H3,(H2,24,25,26,29). The molecule has 0 aliphatic rings. The van der Waals surface area contributed by atoms with E-state index >= 15 is 0 Å². The second kappa shape index (κ2) is 10.2. The number of hydrogen-bond acceptors (Lipinski definition) is 4. The molecular weight excluding hydrogens is 384 g/mol. The van der Waals surface area contributed by atoms with E-state index in [4.69, 9.17) is 21.7 Å². The van der Waals surface area contributed by atoms with Crippen LogP contribution in [0, 0.1) is 6.92 Å². The molecule has 0 spiro atoms. The van der Waals surface area contributed by atoms with Crippen LogP contribution in [0.25, 0.3) is 0 Å². The molecule has 0 aliphatic carbocycles. The van der Waals surface area contributed by atoms with E-state index in [1.165, 1.54) is 0 Å². The van der Waals surface area contributed by atoms with Gasteiger partial charge in [-0.2, -0.15) is 0 Å². The van der Waals surface area contributed by atoms with Crippen LogP contribution < -0.4 is 20.1 Å². The highest BCUT2D eigenvalue weighted by molar-refractivity contribution is 7.80. The third-order valence-electron chi connectivity index (χ3n) is 4.02. The van der Waals surface area contributed by atoms with Crippen molar-refractivity contribution in [1.82, 2.24) is 5.32 Å². The lowest BCUT2D eigenvalue weighted by Crippen LogP contribution is -2.34. The second-order valence-corrected chi connectivity index (χ2v) is 6.69. The lowest BCUT2D eigenvalue weighted by Gasteiger charge is -2.13. The van der Waals surface area contributed by atoms with Gasteiger partial charge in [-0.25, -0.2) is 0 Å². The first kappa shape index (κ1) is 20.4. The van der Waals surface area contributed by atoms with Crippen LogP contribution in [0.15, 0.2) is 78.9 Å². The van der Waals surface area contributed by atoms with Crippen molar-refractivity contribution in [2.75, 3.05) is 18.5 Å². The Balaban J connectivity index is 1.53. The van der Waals surface area contributed by atoms with Gasteiger partial charge in [-0.15, -0.1) is 0 Å². The summed E-state index contributed by atoms with van der Waals surface area (Å²) >= 11 is 5.24. The average Bonchev–Trinajstić information content (AvgIpc) is 2.74. The Bertz CT molecular complexity index is 959. The molecule has 0 heterocycles. The number of para-hydroxylation sites is 2. The van der Waals surface area contributed by atoms with Crippen molar-refractivity contribution >= 4 is 28.9 Å². The fraction of sp³-hybridized carbons (Fsp3) is 0.130. The van der Waals surface area contributed by atoms with Gasteiger partial charge in [0.05, 0.1) is 5.56 Å². The van der Waals surface area contributed by atoms with Crippen LogP contribution >= 0.6 is 12.2 Å². The maximum atomic E-state index is 12.6. The highest BCUT2D eigenvalue weighted by Gasteiger charge is 2.13. The van der Waals surface area contributed by atoms with E-state index in [0.29, 0.717) is 24.5 Å². The second-order valence-electron chi connectivity index (χ2n) is 6.28. The minimum Gasteiger partial charge on any atom is -0.490 e. The van der Waals surface area contributed by atoms with Crippen LogP contribution in [0.1, 0.15) is 15.9 Å². The number of ether oxygens (including phenoxy) is 2. The van der Waals surface area contributed by atoms with Gasteiger partial charge in [-0.05, 0) is 55.5 Å². The molecule has 0 unspecified atom stereocenters. The summed E-state index contributed by atoms with van der Waals surface area (Å²) < 4.78 is 11.4. The highest BCUT2D eigenvalue weighted by Crippen LogP contribution is 2.18. The first-order valence-corrected chi connectivity index (χ1v) is 9.61. The molecule has 3 aromatic rings. The lowest BCUT2D eigenvalue weighted by atomic mass is 10.2. The molecule has 0 saturated carbocycles. The molecule has 0 fully saturated rings. The van der Waals surface area contributed by atoms with E-state index in [1.54, 1.807) is 18.2 Å². The van der Waals surface area contributed by atoms with E-state index in [-0.39, 0.29) is 11.0 Å². The van der Waals surface area contributed by atoms with Gasteiger partial charge in [0, 0.05) is 5.69 Å². The zero-order valence-corrected chi connectivity index (χ0v) is 16.9. The summed E-state index contributed by atoms with van der Waals surface area (Å²) in [6.45, 7) is 2.68. The molecule has 3 aromatic carbocycles. The van der Waals surface area contributed by atoms with Gasteiger partial charge in [-0.3, -0.25) is 10.1 Å². The zero-order chi connectivity index (χ0) is 20.5. The molecule has 0 saturated heterocycles. The first-order valence-electron chi connectivity index (χ1n) is 9.20. The number of hydrogen-bond donors (Lipinski definition) is 2. The predicted molar refractivity (Wildman–Crippen MR) is 119 cm³/mol. The first-order chi connectivity index (χ1) is 14.1. The zero-order valence-electron chi connectivity index (χ0n) is 16.1. The number of rotatable bonds is 7. The molecule has 0 atom stereocenters. The van der Waals surface area contributed by atoms with Crippen molar-refractivity contribution in [2.45, 2.75) is 6.92 Å². The molecule has 0 radical (unpaired) electrons. The summed E-state index contributed by atoms with van der Waals surface area (Å²) in [6.07, 6.45) is 0. The summed E-state index contributed by atoms with van der Waals surface area (Å²) in [5, 5.41) is 5.91. The van der Waals surface area contributed by atoms with Gasteiger partial charge in [-0.1, -0.05) is 48.0 Å². The van der Waals surface area contributed by atoms with Crippen molar-refractivity contribution in [2.24, 2.45) is 0 Å². The van der Waals surface area contributed by atoms with Gasteiger partial charge in [0.15, 0.2) is 5.11 Å². The Morgan fingerprint density at radius 2 is 1.52 bits per heavy atom. The van der Waals surface area contributed by atoms with Crippen LogP contribution in [0.5, 0.6) is 11.5 Å². The Labute approximate surface area is 175 Å². The Morgan fingerprint density at radius 3 is 2.28 bits per heavy atom. The summed E-state index contributed by atoms with van der Waals surface area (Å²) in [6, 6.07) is 24.3. The van der Waals surface area contributed by atoms with Crippen LogP contribution in [0.3, 0.4) is 0 Å². The fourth-order valence-corrected chi connectivity index (χ4v) is 2.79. The topological polar surface area (TPSA) is 59.6 Å². The fourth-order valence-electron chi connectivity index (χ4n) is 2.58. The van der Waals surface area contributed by atoms with Crippen molar-refractivity contribution in [3.8, 4) is 11.5 Å². The van der Waals surface area contributed by atoms with E-state index in [2.05, 4.69) is 10.6 Å². The average molecular weight is 407 g/mol. The van der Waals surface area contributed by atoms with Crippen LogP contribution in [0.4, 0.5) is 5.69 Å². The van der Waals surface area contributed by atoms with Gasteiger partial charge in [0.25, 0.3) is 5.91 Å². The number of amides is 1. The Hall–Kier alpha value is -3.38. The summed E-state index contributed by atoms with van der Waals surface area (Å²) in [5.74, 6) is 0.906. The largest absolute Gasteiger partial charge is 0.490 e. The van der Waals surface area contributed by atoms with E-state index in [1.807, 2.05) is 67.6 Å². The maximum Gasteiger partial charge on any atom is 0.261 e. The Kier molecular flexibility index (Phi) is 7.19. The van der Waals surface area contributed by atoms with Crippen LogP contribution in [-0.2, 0) is 0 Å². The van der Waals surface area contributed by atoms with Gasteiger partial charge in [0.2, 0.25) is 0 Å². The molecule has 148 valence electrons. The van der Waals surface area contributed by atoms with Gasteiger partial charge >= 0.3 is 0 Å². The molecule has 5 nitrogen and oxygen atoms in total. The van der Waals surface area contributed by atoms with Gasteiger partial charge < -0.3 is 14.8 Å². The van der Waals surface area contributed by atoms with E-state index in [9.17, 15) is 4.79 Å². The predicted octanol–water partition coefficient (Wildman–Crippen LogP) is 4.58. The van der Waals surface area contributed by atoms with Crippen LogP contribution in [0.2, 0.25) is 0 Å². The maximum absolute atomic E-state index is 12.6. The molecule has 0 bridgehead atoms. The summed E-state index contributed by atoms with van der Waals surface area (Å²) in [4.78, 5) is 12.6. The number of nitrogens with one attached hydrogen (secondary N) is 2. The van der Waals surface area contributed by atoms with Crippen LogP contribution in [-0.4, -0.2) is 24.2 Å². The van der Waals surface area contributed by atoms with Gasteiger partial charge in [0.1, 0.15) is 24.7 Å². The number of aryl methyl sites for hydroxylation is 1. The molecule has 0 aromatic heterocycles. The lowest BCUT2D eigenvalue weighted by molar-refractivity contribution is 0.0972. The monoisotopic (exact) mass is 406 g/mol. The summed E-state index contributed by atoms with van der Waals surface area (Å²) in [5.41, 5.74) is 2.36.